The van der Waals surface area contributed by atoms with Crippen LogP contribution in [0.3, 0.4) is 0 Å². The minimum absolute atomic E-state index is 0.00885. The summed E-state index contributed by atoms with van der Waals surface area (Å²) in [6.07, 6.45) is 8.60. The van der Waals surface area contributed by atoms with Crippen molar-refractivity contribution in [2.24, 2.45) is 0 Å². The summed E-state index contributed by atoms with van der Waals surface area (Å²) in [5, 5.41) is 32.5. The van der Waals surface area contributed by atoms with Gasteiger partial charge in [-0.15, -0.1) is 0 Å². The Bertz CT molecular complexity index is 1780. The third-order valence-electron chi connectivity index (χ3n) is 8.28. The van der Waals surface area contributed by atoms with E-state index in [-0.39, 0.29) is 17.3 Å². The van der Waals surface area contributed by atoms with E-state index >= 15 is 0 Å². The van der Waals surface area contributed by atoms with E-state index < -0.39 is 22.1 Å². The lowest BCUT2D eigenvalue weighted by Crippen LogP contribution is -2.26. The third kappa shape index (κ3) is 13.7. The lowest BCUT2D eigenvalue weighted by Gasteiger charge is -2.14. The number of aliphatic hydroxyl groups is 2. The molecule has 1 atom stereocenters. The number of sulfonamides is 1. The van der Waals surface area contributed by atoms with Gasteiger partial charge in [0.25, 0.3) is 10.0 Å². The number of benzene rings is 4. The Hall–Kier alpha value is -4.36. The monoisotopic (exact) mass is 716 g/mol. The first kappa shape index (κ1) is 39.4. The maximum Gasteiger partial charge on any atom is 0.350 e. The van der Waals surface area contributed by atoms with Gasteiger partial charge < -0.3 is 30.2 Å². The van der Waals surface area contributed by atoms with E-state index in [1.165, 1.54) is 18.2 Å². The Morgan fingerprint density at radius 2 is 1.53 bits per heavy atom. The number of nitrogens with one attached hydrogen (secondary N) is 2. The van der Waals surface area contributed by atoms with Crippen molar-refractivity contribution in [3.05, 3.63) is 125 Å². The number of hydrogen-bond donors (Lipinski definition) is 5. The molecule has 0 aliphatic heterocycles. The van der Waals surface area contributed by atoms with Crippen LogP contribution in [-0.2, 0) is 37.4 Å². The molecule has 4 aromatic rings. The number of aliphatic hydroxyl groups excluding tert-OH is 2. The first-order valence-electron chi connectivity index (χ1n) is 17.3. The lowest BCUT2D eigenvalue weighted by molar-refractivity contribution is -0.141. The molecule has 4 aromatic carbocycles. The third-order valence-corrected chi connectivity index (χ3v) is 9.46. The molecular weight excluding hydrogens is 669 g/mol. The van der Waals surface area contributed by atoms with Crippen LogP contribution in [0.5, 0.6) is 5.75 Å². The van der Waals surface area contributed by atoms with Crippen LogP contribution in [0.25, 0.3) is 17.2 Å². The van der Waals surface area contributed by atoms with Gasteiger partial charge in [0.1, 0.15) is 5.75 Å². The zero-order valence-electron chi connectivity index (χ0n) is 28.7. The summed E-state index contributed by atoms with van der Waals surface area (Å²) in [6.45, 7) is 2.16. The first-order valence-corrected chi connectivity index (χ1v) is 18.8. The molecule has 0 bridgehead atoms. The number of ether oxygens (including phenoxy) is 1. The van der Waals surface area contributed by atoms with Crippen molar-refractivity contribution in [1.82, 2.24) is 10.2 Å². The molecule has 0 saturated heterocycles. The molecule has 0 saturated carbocycles. The van der Waals surface area contributed by atoms with Crippen molar-refractivity contribution in [2.75, 3.05) is 26.3 Å². The Morgan fingerprint density at radius 3 is 2.31 bits per heavy atom. The molecule has 0 fully saturated rings. The Morgan fingerprint density at radius 1 is 0.804 bits per heavy atom. The van der Waals surface area contributed by atoms with E-state index in [0.29, 0.717) is 37.3 Å². The number of hydrogen-bond acceptors (Lipinski definition) is 9. The van der Waals surface area contributed by atoms with Crippen LogP contribution in [0, 0.1) is 0 Å². The first-order chi connectivity index (χ1) is 24.7. The fourth-order valence-electron chi connectivity index (χ4n) is 5.39. The van der Waals surface area contributed by atoms with Crippen LogP contribution in [0.15, 0.2) is 108 Å². The summed E-state index contributed by atoms with van der Waals surface area (Å²) in [5.41, 5.74) is 4.80. The molecule has 0 unspecified atom stereocenters. The molecule has 10 nitrogen and oxygen atoms in total. The van der Waals surface area contributed by atoms with Gasteiger partial charge in [-0.05, 0) is 95.3 Å². The molecule has 0 radical (unpaired) electrons. The van der Waals surface area contributed by atoms with Crippen LogP contribution in [-0.4, -0.2) is 56.0 Å². The van der Waals surface area contributed by atoms with Gasteiger partial charge in [0.15, 0.2) is 0 Å². The fraction of sp³-hybridized carbons (Fsp3) is 0.325. The second kappa shape index (κ2) is 21.1. The minimum Gasteiger partial charge on any atom is -0.508 e. The van der Waals surface area contributed by atoms with E-state index in [1.807, 2.05) is 65.5 Å². The van der Waals surface area contributed by atoms with Gasteiger partial charge in [-0.3, -0.25) is 0 Å². The van der Waals surface area contributed by atoms with Gasteiger partial charge in [-0.25, -0.2) is 13.2 Å². The summed E-state index contributed by atoms with van der Waals surface area (Å²) < 4.78 is 31.3. The number of phenols is 1. The molecule has 0 heterocycles. The topological polar surface area (TPSA) is 154 Å². The van der Waals surface area contributed by atoms with E-state index in [9.17, 15) is 28.5 Å². The second-order valence-electron chi connectivity index (χ2n) is 12.2. The Balaban J connectivity index is 1.03. The summed E-state index contributed by atoms with van der Waals surface area (Å²) in [6, 6.07) is 28.8. The summed E-state index contributed by atoms with van der Waals surface area (Å²) in [4.78, 5) is 18.9. The smallest absolute Gasteiger partial charge is 0.350 e. The second-order valence-corrected chi connectivity index (χ2v) is 13.9. The molecule has 51 heavy (non-hydrogen) atoms. The summed E-state index contributed by atoms with van der Waals surface area (Å²) in [5.74, 6) is -0.819. The predicted octanol–water partition coefficient (Wildman–Crippen LogP) is 6.22. The lowest BCUT2D eigenvalue weighted by atomic mass is 10.0. The maximum absolute atomic E-state index is 12.8. The van der Waals surface area contributed by atoms with Gasteiger partial charge in [0.05, 0.1) is 17.6 Å². The summed E-state index contributed by atoms with van der Waals surface area (Å²) in [7, 11) is -4.06. The van der Waals surface area contributed by atoms with Gasteiger partial charge >= 0.3 is 5.97 Å². The highest BCUT2D eigenvalue weighted by molar-refractivity contribution is 7.89. The van der Waals surface area contributed by atoms with Crippen molar-refractivity contribution in [3.63, 3.8) is 0 Å². The highest BCUT2D eigenvalue weighted by Gasteiger charge is 2.16. The van der Waals surface area contributed by atoms with Crippen molar-refractivity contribution in [3.8, 4) is 16.9 Å². The van der Waals surface area contributed by atoms with Crippen molar-refractivity contribution < 1.29 is 38.1 Å². The molecule has 0 aliphatic carbocycles. The van der Waals surface area contributed by atoms with E-state index in [2.05, 4.69) is 5.32 Å². The zero-order chi connectivity index (χ0) is 36.3. The zero-order valence-corrected chi connectivity index (χ0v) is 29.6. The highest BCUT2D eigenvalue weighted by Crippen LogP contribution is 2.23. The molecule has 272 valence electrons. The SMILES string of the molecule is O=C(/C=C/c1ccc(-c2ccccc2)cc1)ONS(=O)(=O)c1cccc(CCCOCCCCCCCNC[C@@H](O)c2ccc(O)c(CO)c2)c1. The fourth-order valence-corrected chi connectivity index (χ4v) is 6.24. The van der Waals surface area contributed by atoms with Gasteiger partial charge in [-0.1, -0.05) is 92.1 Å². The van der Waals surface area contributed by atoms with Crippen LogP contribution in [0.2, 0.25) is 0 Å². The predicted molar refractivity (Wildman–Crippen MR) is 198 cm³/mol. The quantitative estimate of drug-likeness (QED) is 0.0362. The van der Waals surface area contributed by atoms with Crippen molar-refractivity contribution in [1.29, 1.82) is 0 Å². The Kier molecular flexibility index (Phi) is 16.3. The van der Waals surface area contributed by atoms with Gasteiger partial charge in [0, 0.05) is 31.4 Å². The number of carbonyl (C=O) groups excluding carboxylic acids is 1. The van der Waals surface area contributed by atoms with Crippen LogP contribution < -0.4 is 10.2 Å². The number of aryl methyl sites for hydroxylation is 1. The van der Waals surface area contributed by atoms with Gasteiger partial charge in [0.2, 0.25) is 0 Å². The molecule has 0 aromatic heterocycles. The van der Waals surface area contributed by atoms with Crippen molar-refractivity contribution >= 4 is 22.1 Å². The normalized spacial score (nSPS) is 12.3. The maximum atomic E-state index is 12.8. The number of rotatable bonds is 22. The standard InChI is InChI=1S/C40H48N2O8S/c43-30-36-28-35(21-22-38(36)44)39(45)29-41-24-7-2-1-3-8-25-49-26-10-12-32-11-9-15-37(27-32)51(47,48)42-50-40(46)23-18-31-16-19-34(20-17-31)33-13-5-4-6-14-33/h4-6,9,11,13-23,27-28,39,41-45H,1-3,7-8,10,12,24-26,29-30H2/b23-18+/t39-/m1/s1. The molecule has 0 aliphatic rings. The largest absolute Gasteiger partial charge is 0.508 e. The molecule has 0 spiro atoms. The van der Waals surface area contributed by atoms with Crippen LogP contribution >= 0.6 is 0 Å². The molecule has 5 N–H and O–H groups in total. The number of carbonyl (C=O) groups is 1. The van der Waals surface area contributed by atoms with Crippen molar-refractivity contribution in [2.45, 2.75) is 62.6 Å². The molecule has 11 heteroatoms. The van der Waals surface area contributed by atoms with E-state index in [4.69, 9.17) is 9.57 Å². The number of unbranched alkanes of at least 4 members (excludes halogenated alkanes) is 4. The average Bonchev–Trinajstić information content (AvgIpc) is 3.15. The number of aromatic hydroxyl groups is 1. The Labute approximate surface area is 300 Å². The van der Waals surface area contributed by atoms with E-state index in [1.54, 1.807) is 30.3 Å². The van der Waals surface area contributed by atoms with Gasteiger partial charge in [-0.2, -0.15) is 0 Å². The average molecular weight is 717 g/mol. The molecule has 4 rings (SSSR count). The van der Waals surface area contributed by atoms with E-state index in [0.717, 1.165) is 67.3 Å². The van der Waals surface area contributed by atoms with Crippen LogP contribution in [0.4, 0.5) is 0 Å². The highest BCUT2D eigenvalue weighted by atomic mass is 32.2. The molecular formula is C40H48N2O8S. The molecule has 0 amide bonds. The summed E-state index contributed by atoms with van der Waals surface area (Å²) >= 11 is 0. The minimum atomic E-state index is -4.06. The van der Waals surface area contributed by atoms with Crippen LogP contribution in [0.1, 0.15) is 66.9 Å².